The molecule has 0 bridgehead atoms. The molecule has 0 aromatic heterocycles. The van der Waals surface area contributed by atoms with Gasteiger partial charge in [-0.2, -0.15) is 0 Å². The quantitative estimate of drug-likeness (QED) is 0.618. The Morgan fingerprint density at radius 2 is 1.83 bits per heavy atom. The Hall–Kier alpha value is -3.09. The fraction of sp³-hybridized carbons (Fsp3) is 0.435. The first kappa shape index (κ1) is 20.2. The number of aliphatic imine (C=N–C) groups is 1. The molecular formula is C23H30N4O3. The molecule has 2 aliphatic heterocycles. The lowest BCUT2D eigenvalue weighted by atomic mass is 10.2. The normalized spacial score (nSPS) is 16.8. The molecule has 2 aromatic rings. The Labute approximate surface area is 178 Å². The number of guanidine groups is 1. The molecule has 0 atom stereocenters. The Kier molecular flexibility index (Phi) is 6.47. The van der Waals surface area contributed by atoms with Gasteiger partial charge in [0.25, 0.3) is 0 Å². The minimum absolute atomic E-state index is 0.694. The standard InChI is InChI=1S/C23H30N4O3/c1-24-23(25-17-18-7-8-21-22(15-18)30-14-4-13-29-21)27-11-9-26(10-12-27)19-5-3-6-20(16-19)28-2/h3,5-8,15-16H,4,9-14,17H2,1-2H3,(H,24,25). The van der Waals surface area contributed by atoms with Gasteiger partial charge in [0.15, 0.2) is 17.5 Å². The van der Waals surface area contributed by atoms with E-state index >= 15 is 0 Å². The van der Waals surface area contributed by atoms with Crippen molar-refractivity contribution in [2.24, 2.45) is 4.99 Å². The van der Waals surface area contributed by atoms with Gasteiger partial charge in [0.05, 0.1) is 20.3 Å². The molecule has 4 rings (SSSR count). The van der Waals surface area contributed by atoms with Crippen molar-refractivity contribution in [2.75, 3.05) is 58.5 Å². The van der Waals surface area contributed by atoms with Crippen LogP contribution in [0.15, 0.2) is 47.5 Å². The fourth-order valence-corrected chi connectivity index (χ4v) is 3.81. The second-order valence-electron chi connectivity index (χ2n) is 7.41. The molecule has 1 N–H and O–H groups in total. The van der Waals surface area contributed by atoms with Gasteiger partial charge in [0.1, 0.15) is 5.75 Å². The third-order valence-corrected chi connectivity index (χ3v) is 5.47. The monoisotopic (exact) mass is 410 g/mol. The summed E-state index contributed by atoms with van der Waals surface area (Å²) >= 11 is 0. The second kappa shape index (κ2) is 9.61. The Balaban J connectivity index is 1.32. The van der Waals surface area contributed by atoms with E-state index in [2.05, 4.69) is 44.4 Å². The molecule has 0 saturated carbocycles. The number of nitrogens with zero attached hydrogens (tertiary/aromatic N) is 3. The smallest absolute Gasteiger partial charge is 0.194 e. The molecular weight excluding hydrogens is 380 g/mol. The highest BCUT2D eigenvalue weighted by Gasteiger charge is 2.20. The summed E-state index contributed by atoms with van der Waals surface area (Å²) < 4.78 is 16.9. The van der Waals surface area contributed by atoms with Gasteiger partial charge in [-0.15, -0.1) is 0 Å². The fourth-order valence-electron chi connectivity index (χ4n) is 3.81. The maximum absolute atomic E-state index is 5.80. The van der Waals surface area contributed by atoms with Crippen molar-refractivity contribution in [3.63, 3.8) is 0 Å². The molecule has 2 aromatic carbocycles. The summed E-state index contributed by atoms with van der Waals surface area (Å²) in [4.78, 5) is 9.18. The van der Waals surface area contributed by atoms with Gasteiger partial charge < -0.3 is 29.3 Å². The summed E-state index contributed by atoms with van der Waals surface area (Å²) in [7, 11) is 3.54. The third-order valence-electron chi connectivity index (χ3n) is 5.47. The average molecular weight is 411 g/mol. The molecule has 7 nitrogen and oxygen atoms in total. The second-order valence-corrected chi connectivity index (χ2v) is 7.41. The van der Waals surface area contributed by atoms with Crippen molar-refractivity contribution in [1.29, 1.82) is 0 Å². The van der Waals surface area contributed by atoms with Crippen molar-refractivity contribution >= 4 is 11.6 Å². The molecule has 1 fully saturated rings. The molecule has 0 aliphatic carbocycles. The first-order chi connectivity index (χ1) is 14.8. The van der Waals surface area contributed by atoms with Crippen LogP contribution in [0.25, 0.3) is 0 Å². The van der Waals surface area contributed by atoms with E-state index < -0.39 is 0 Å². The zero-order chi connectivity index (χ0) is 20.8. The predicted octanol–water partition coefficient (Wildman–Crippen LogP) is 2.75. The third kappa shape index (κ3) is 4.72. The number of methoxy groups -OCH3 is 1. The van der Waals surface area contributed by atoms with E-state index in [0.717, 1.165) is 61.4 Å². The highest BCUT2D eigenvalue weighted by molar-refractivity contribution is 5.80. The summed E-state index contributed by atoms with van der Waals surface area (Å²) in [6, 6.07) is 14.4. The lowest BCUT2D eigenvalue weighted by molar-refractivity contribution is 0.297. The van der Waals surface area contributed by atoms with E-state index in [9.17, 15) is 0 Å². The highest BCUT2D eigenvalue weighted by Crippen LogP contribution is 2.30. The van der Waals surface area contributed by atoms with Crippen LogP contribution in [0.3, 0.4) is 0 Å². The van der Waals surface area contributed by atoms with Crippen LogP contribution in [-0.4, -0.2) is 64.4 Å². The van der Waals surface area contributed by atoms with E-state index in [0.29, 0.717) is 19.8 Å². The topological polar surface area (TPSA) is 58.6 Å². The number of anilines is 1. The zero-order valence-electron chi connectivity index (χ0n) is 17.8. The van der Waals surface area contributed by atoms with Crippen LogP contribution in [0, 0.1) is 0 Å². The van der Waals surface area contributed by atoms with Gasteiger partial charge in [-0.1, -0.05) is 12.1 Å². The van der Waals surface area contributed by atoms with Crippen LogP contribution in [0.2, 0.25) is 0 Å². The summed E-state index contributed by atoms with van der Waals surface area (Å²) in [5, 5.41) is 3.49. The van der Waals surface area contributed by atoms with Gasteiger partial charge in [0.2, 0.25) is 0 Å². The van der Waals surface area contributed by atoms with Crippen LogP contribution in [0.5, 0.6) is 17.2 Å². The zero-order valence-corrected chi connectivity index (χ0v) is 17.8. The van der Waals surface area contributed by atoms with Crippen molar-refractivity contribution < 1.29 is 14.2 Å². The van der Waals surface area contributed by atoms with Gasteiger partial charge in [0, 0.05) is 57.9 Å². The summed E-state index contributed by atoms with van der Waals surface area (Å²) in [6.07, 6.45) is 0.913. The molecule has 160 valence electrons. The molecule has 0 spiro atoms. The van der Waals surface area contributed by atoms with Crippen LogP contribution in [0.1, 0.15) is 12.0 Å². The molecule has 7 heteroatoms. The lowest BCUT2D eigenvalue weighted by Crippen LogP contribution is -2.52. The molecule has 0 amide bonds. The number of hydrogen-bond donors (Lipinski definition) is 1. The van der Waals surface area contributed by atoms with Gasteiger partial charge >= 0.3 is 0 Å². The molecule has 0 unspecified atom stereocenters. The molecule has 1 saturated heterocycles. The maximum atomic E-state index is 5.80. The Morgan fingerprint density at radius 3 is 2.60 bits per heavy atom. The molecule has 2 heterocycles. The minimum atomic E-state index is 0.694. The minimum Gasteiger partial charge on any atom is -0.497 e. The molecule has 0 radical (unpaired) electrons. The first-order valence-corrected chi connectivity index (χ1v) is 10.5. The Morgan fingerprint density at radius 1 is 1.03 bits per heavy atom. The Bertz CT molecular complexity index is 879. The largest absolute Gasteiger partial charge is 0.497 e. The van der Waals surface area contributed by atoms with Crippen LogP contribution in [-0.2, 0) is 6.54 Å². The molecule has 2 aliphatic rings. The molecule has 30 heavy (non-hydrogen) atoms. The number of hydrogen-bond acceptors (Lipinski definition) is 5. The average Bonchev–Trinajstić information content (AvgIpc) is 3.05. The maximum Gasteiger partial charge on any atom is 0.194 e. The SMILES string of the molecule is CN=C(NCc1ccc2c(c1)OCCCO2)N1CCN(c2cccc(OC)c2)CC1. The van der Waals surface area contributed by atoms with Gasteiger partial charge in [-0.05, 0) is 29.8 Å². The van der Waals surface area contributed by atoms with Crippen LogP contribution < -0.4 is 24.4 Å². The predicted molar refractivity (Wildman–Crippen MR) is 119 cm³/mol. The lowest BCUT2D eigenvalue weighted by Gasteiger charge is -2.37. The summed E-state index contributed by atoms with van der Waals surface area (Å²) in [5.74, 6) is 3.47. The van der Waals surface area contributed by atoms with E-state index in [1.165, 1.54) is 5.69 Å². The number of nitrogens with one attached hydrogen (secondary N) is 1. The van der Waals surface area contributed by atoms with Crippen molar-refractivity contribution in [2.45, 2.75) is 13.0 Å². The highest BCUT2D eigenvalue weighted by atomic mass is 16.5. The van der Waals surface area contributed by atoms with Crippen molar-refractivity contribution in [3.05, 3.63) is 48.0 Å². The first-order valence-electron chi connectivity index (χ1n) is 10.5. The number of rotatable bonds is 4. The summed E-state index contributed by atoms with van der Waals surface area (Å²) in [5.41, 5.74) is 2.35. The van der Waals surface area contributed by atoms with E-state index in [-0.39, 0.29) is 0 Å². The van der Waals surface area contributed by atoms with Crippen LogP contribution in [0.4, 0.5) is 5.69 Å². The number of piperazine rings is 1. The number of ether oxygens (including phenoxy) is 3. The van der Waals surface area contributed by atoms with Crippen molar-refractivity contribution in [1.82, 2.24) is 10.2 Å². The van der Waals surface area contributed by atoms with Crippen molar-refractivity contribution in [3.8, 4) is 17.2 Å². The van der Waals surface area contributed by atoms with E-state index in [4.69, 9.17) is 14.2 Å². The van der Waals surface area contributed by atoms with E-state index in [1.807, 2.05) is 25.2 Å². The van der Waals surface area contributed by atoms with E-state index in [1.54, 1.807) is 7.11 Å². The number of fused-ring (bicyclic) bond motifs is 1. The van der Waals surface area contributed by atoms with Gasteiger partial charge in [-0.25, -0.2) is 0 Å². The summed E-state index contributed by atoms with van der Waals surface area (Å²) in [6.45, 7) is 5.81. The number of benzene rings is 2. The van der Waals surface area contributed by atoms with Crippen LogP contribution >= 0.6 is 0 Å². The van der Waals surface area contributed by atoms with Gasteiger partial charge in [-0.3, -0.25) is 4.99 Å².